The zero-order valence-electron chi connectivity index (χ0n) is 5.25. The van der Waals surface area contributed by atoms with Gasteiger partial charge in [0.15, 0.2) is 0 Å². The molecular weight excluding hydrogens is 364 g/mol. The average molecular weight is 374 g/mol. The molecule has 0 aromatic carbocycles. The van der Waals surface area contributed by atoms with Gasteiger partial charge in [0.2, 0.25) is 0 Å². The molecule has 0 spiro atoms. The third-order valence-electron chi connectivity index (χ3n) is 0. The first kappa shape index (κ1) is 128. The second-order valence-corrected chi connectivity index (χ2v) is 0. The number of rotatable bonds is 0. The molecule has 9 heavy (non-hydrogen) atoms. The maximum absolute atomic E-state index is 0. The maximum Gasteiger partial charge on any atom is 1.00 e. The summed E-state index contributed by atoms with van der Waals surface area (Å²) in [4.78, 5) is 0. The van der Waals surface area contributed by atoms with Crippen LogP contribution in [0.2, 0.25) is 0 Å². The van der Waals surface area contributed by atoms with Gasteiger partial charge in [-0.25, -0.2) is 0 Å². The molecule has 9 heteroatoms. The summed E-state index contributed by atoms with van der Waals surface area (Å²) in [6.45, 7) is 0. The topological polar surface area (TPSA) is 186 Å². The normalized spacial score (nSPS) is 0. The van der Waals surface area contributed by atoms with Crippen molar-refractivity contribution in [2.45, 2.75) is 0 Å². The van der Waals surface area contributed by atoms with Crippen LogP contribution in [0, 0.1) is 0 Å². The van der Waals surface area contributed by atoms with Crippen LogP contribution in [0.25, 0.3) is 0 Å². The maximum atomic E-state index is 0. The van der Waals surface area contributed by atoms with Gasteiger partial charge in [0, 0.05) is 19.8 Å². The van der Waals surface area contributed by atoms with E-state index in [-0.39, 0.29) is 155 Å². The molecule has 0 aliphatic carbocycles. The minimum absolute atomic E-state index is 0. The van der Waals surface area contributed by atoms with Crippen LogP contribution in [-0.2, 0) is 19.8 Å². The quantitative estimate of drug-likeness (QED) is 0.381. The molecule has 56 valence electrons. The van der Waals surface area contributed by atoms with Gasteiger partial charge in [0.1, 0.15) is 0 Å². The monoisotopic (exact) mass is 376 g/mol. The molecule has 0 heterocycles. The van der Waals surface area contributed by atoms with Gasteiger partial charge in [-0.2, -0.15) is 0 Å². The Morgan fingerprint density at radius 1 is 0.444 bits per heavy atom. The Labute approximate surface area is 151 Å². The Kier molecular flexibility index (Phi) is 1400. The van der Waals surface area contributed by atoms with E-state index in [1.807, 2.05) is 0 Å². The Morgan fingerprint density at radius 3 is 0.444 bits per heavy atom. The van der Waals surface area contributed by atoms with Crippen molar-refractivity contribution in [1.82, 2.24) is 0 Å². The summed E-state index contributed by atoms with van der Waals surface area (Å²) in [7, 11) is 0. The van der Waals surface area contributed by atoms with Crippen LogP contribution < -0.4 is 103 Å². The molecule has 0 aromatic heterocycles. The Morgan fingerprint density at radius 2 is 0.444 bits per heavy atom. The van der Waals surface area contributed by atoms with Crippen molar-refractivity contribution in [1.29, 1.82) is 0 Å². The van der Waals surface area contributed by atoms with E-state index >= 15 is 0 Å². The molecule has 0 rings (SSSR count). The van der Waals surface area contributed by atoms with Crippen molar-refractivity contribution in [2.24, 2.45) is 0 Å². The summed E-state index contributed by atoms with van der Waals surface area (Å²) >= 11 is 0. The van der Waals surface area contributed by atoms with E-state index in [0.717, 1.165) is 0 Å². The molecule has 6 nitrogen and oxygen atoms in total. The SMILES string of the molecule is O.O.O.O.[K+].[K+].[OH-].[OH-].[Os]. The second kappa shape index (κ2) is 98.7. The standard InChI is InChI=1S/2K.6H2O.Os/h;;6*1H2;/q2*+1;;;;;;;/p-2. The fourth-order valence-electron chi connectivity index (χ4n) is 0. The van der Waals surface area contributed by atoms with Crippen molar-refractivity contribution in [2.75, 3.05) is 0 Å². The molecule has 0 aliphatic heterocycles. The molecule has 0 bridgehead atoms. The van der Waals surface area contributed by atoms with Crippen molar-refractivity contribution in [3.63, 3.8) is 0 Å². The van der Waals surface area contributed by atoms with Crippen LogP contribution in [0.3, 0.4) is 0 Å². The summed E-state index contributed by atoms with van der Waals surface area (Å²) in [5.41, 5.74) is 0. The first-order chi connectivity index (χ1) is 0. The van der Waals surface area contributed by atoms with Crippen LogP contribution in [0.1, 0.15) is 0 Å². The third kappa shape index (κ3) is 81.0. The largest absolute Gasteiger partial charge is 1.00 e. The van der Waals surface area contributed by atoms with Gasteiger partial charge in [0.25, 0.3) is 0 Å². The fourth-order valence-corrected chi connectivity index (χ4v) is 0. The van der Waals surface area contributed by atoms with Crippen molar-refractivity contribution in [3.05, 3.63) is 0 Å². The van der Waals surface area contributed by atoms with E-state index in [0.29, 0.717) is 0 Å². The minimum atomic E-state index is 0. The molecule has 0 aliphatic rings. The minimum Gasteiger partial charge on any atom is -0.870 e. The molecule has 0 fully saturated rings. The zero-order valence-corrected chi connectivity index (χ0v) is 14.0. The number of hydrogen-bond donors (Lipinski definition) is 0. The third-order valence-corrected chi connectivity index (χ3v) is 0. The molecule has 0 amide bonds. The zero-order chi connectivity index (χ0) is 0. The first-order valence-corrected chi connectivity index (χ1v) is 0. The van der Waals surface area contributed by atoms with Crippen LogP contribution in [-0.4, -0.2) is 32.9 Å². The van der Waals surface area contributed by atoms with Gasteiger partial charge in [-0.1, -0.05) is 0 Å². The Hall–Kier alpha value is 3.67. The Balaban J connectivity index is 0. The van der Waals surface area contributed by atoms with Gasteiger partial charge in [-0.15, -0.1) is 0 Å². The molecule has 0 radical (unpaired) electrons. The van der Waals surface area contributed by atoms with Crippen LogP contribution in [0.15, 0.2) is 0 Å². The van der Waals surface area contributed by atoms with Gasteiger partial charge in [0.05, 0.1) is 0 Å². The molecular formula is H10K2O6Os. The van der Waals surface area contributed by atoms with E-state index in [9.17, 15) is 0 Å². The fraction of sp³-hybridized carbons (Fsp3) is 0. The summed E-state index contributed by atoms with van der Waals surface area (Å²) in [5.74, 6) is 0. The summed E-state index contributed by atoms with van der Waals surface area (Å²) in [6.07, 6.45) is 0. The van der Waals surface area contributed by atoms with Crippen LogP contribution in [0.4, 0.5) is 0 Å². The Bertz CT molecular complexity index is 11.0. The van der Waals surface area contributed by atoms with E-state index < -0.39 is 0 Å². The summed E-state index contributed by atoms with van der Waals surface area (Å²) in [5, 5.41) is 0. The average Bonchev–Trinajstić information content (AvgIpc) is 0. The molecule has 0 aromatic rings. The van der Waals surface area contributed by atoms with E-state index in [1.54, 1.807) is 0 Å². The van der Waals surface area contributed by atoms with E-state index in [4.69, 9.17) is 0 Å². The van der Waals surface area contributed by atoms with Gasteiger partial charge < -0.3 is 32.9 Å². The van der Waals surface area contributed by atoms with Gasteiger partial charge >= 0.3 is 103 Å². The predicted octanol–water partition coefficient (Wildman–Crippen LogP) is -9.65. The molecule has 0 saturated carbocycles. The predicted molar refractivity (Wildman–Crippen MR) is 18.3 cm³/mol. The first-order valence-electron chi connectivity index (χ1n) is 0. The van der Waals surface area contributed by atoms with Crippen molar-refractivity contribution < 1.29 is 155 Å². The molecule has 10 N–H and O–H groups in total. The smallest absolute Gasteiger partial charge is 0.870 e. The molecule has 0 saturated heterocycles. The van der Waals surface area contributed by atoms with Crippen LogP contribution in [0.5, 0.6) is 0 Å². The van der Waals surface area contributed by atoms with E-state index in [1.165, 1.54) is 0 Å². The van der Waals surface area contributed by atoms with Crippen LogP contribution >= 0.6 is 0 Å². The van der Waals surface area contributed by atoms with Gasteiger partial charge in [-0.05, 0) is 0 Å². The summed E-state index contributed by atoms with van der Waals surface area (Å²) < 4.78 is 0. The summed E-state index contributed by atoms with van der Waals surface area (Å²) in [6, 6.07) is 0. The van der Waals surface area contributed by atoms with Crippen molar-refractivity contribution >= 4 is 0 Å². The van der Waals surface area contributed by atoms with Gasteiger partial charge in [-0.3, -0.25) is 0 Å². The second-order valence-electron chi connectivity index (χ2n) is 0. The van der Waals surface area contributed by atoms with Crippen molar-refractivity contribution in [3.8, 4) is 0 Å². The van der Waals surface area contributed by atoms with E-state index in [2.05, 4.69) is 0 Å². The number of hydrogen-bond acceptors (Lipinski definition) is 2. The molecule has 0 atom stereocenters. The molecule has 0 unspecified atom stereocenters.